The summed E-state index contributed by atoms with van der Waals surface area (Å²) in [6, 6.07) is 5.09. The molecule has 1 N–H and O–H groups in total. The molecule has 3 aromatic rings. The zero-order valence-corrected chi connectivity index (χ0v) is 11.6. The van der Waals surface area contributed by atoms with Crippen LogP contribution in [0.15, 0.2) is 37.8 Å². The summed E-state index contributed by atoms with van der Waals surface area (Å²) in [6.07, 6.45) is 0. The molecule has 0 aliphatic heterocycles. The fourth-order valence-corrected chi connectivity index (χ4v) is 3.04. The second kappa shape index (κ2) is 4.39. The minimum atomic E-state index is -0.583. The summed E-state index contributed by atoms with van der Waals surface area (Å²) in [7, 11) is 0. The first kappa shape index (κ1) is 12.2. The van der Waals surface area contributed by atoms with Crippen molar-refractivity contribution in [1.82, 2.24) is 14.5 Å². The van der Waals surface area contributed by atoms with Gasteiger partial charge < -0.3 is 0 Å². The minimum absolute atomic E-state index is 0.167. The lowest BCUT2D eigenvalue weighted by atomic mass is 10.3. The van der Waals surface area contributed by atoms with Gasteiger partial charge in [0.05, 0.1) is 5.69 Å². The zero-order chi connectivity index (χ0) is 13.6. The quantitative estimate of drug-likeness (QED) is 0.736. The maximum Gasteiger partial charge on any atom is 0.334 e. The van der Waals surface area contributed by atoms with Crippen molar-refractivity contribution >= 4 is 37.6 Å². The highest BCUT2D eigenvalue weighted by Crippen LogP contribution is 2.21. The Bertz CT molecular complexity index is 882. The molecule has 0 spiro atoms. The van der Waals surface area contributed by atoms with E-state index in [1.165, 1.54) is 24.3 Å². The second-order valence-electron chi connectivity index (χ2n) is 3.69. The van der Waals surface area contributed by atoms with Gasteiger partial charge in [0.25, 0.3) is 5.56 Å². The van der Waals surface area contributed by atoms with E-state index in [2.05, 4.69) is 25.9 Å². The predicted molar refractivity (Wildman–Crippen MR) is 73.5 cm³/mol. The highest BCUT2D eigenvalue weighted by molar-refractivity contribution is 9.11. The first-order valence-electron chi connectivity index (χ1n) is 5.13. The molecular formula is C11H5BrFN3O2S. The lowest BCUT2D eigenvalue weighted by Crippen LogP contribution is -2.33. The molecule has 2 heterocycles. The number of fused-ring (bicyclic) bond motifs is 1. The number of halogens is 2. The maximum atomic E-state index is 12.9. The number of hydrogen-bond acceptors (Lipinski definition) is 4. The van der Waals surface area contributed by atoms with Gasteiger partial charge in [0.15, 0.2) is 9.43 Å². The van der Waals surface area contributed by atoms with Gasteiger partial charge in [0.1, 0.15) is 10.6 Å². The maximum absolute atomic E-state index is 12.9. The number of nitrogens with one attached hydrogen (secondary N) is 1. The van der Waals surface area contributed by atoms with Crippen LogP contribution in [0.2, 0.25) is 0 Å². The van der Waals surface area contributed by atoms with E-state index in [-0.39, 0.29) is 5.52 Å². The van der Waals surface area contributed by atoms with Gasteiger partial charge >= 0.3 is 5.69 Å². The van der Waals surface area contributed by atoms with E-state index in [1.54, 1.807) is 0 Å². The van der Waals surface area contributed by atoms with Gasteiger partial charge in [-0.25, -0.2) is 18.7 Å². The SMILES string of the molecule is O=c1[nH]c2sc(Br)nc2c(=O)n1-c1ccc(F)cc1. The van der Waals surface area contributed by atoms with Gasteiger partial charge in [-0.1, -0.05) is 11.3 Å². The van der Waals surface area contributed by atoms with Crippen molar-refractivity contribution in [3.63, 3.8) is 0 Å². The Balaban J connectivity index is 2.38. The highest BCUT2D eigenvalue weighted by Gasteiger charge is 2.13. The van der Waals surface area contributed by atoms with Crippen molar-refractivity contribution < 1.29 is 4.39 Å². The lowest BCUT2D eigenvalue weighted by molar-refractivity contribution is 0.627. The minimum Gasteiger partial charge on any atom is -0.296 e. The van der Waals surface area contributed by atoms with E-state index in [4.69, 9.17) is 0 Å². The van der Waals surface area contributed by atoms with Crippen LogP contribution in [0.1, 0.15) is 0 Å². The number of rotatable bonds is 1. The van der Waals surface area contributed by atoms with Crippen LogP contribution in [0, 0.1) is 5.82 Å². The highest BCUT2D eigenvalue weighted by atomic mass is 79.9. The van der Waals surface area contributed by atoms with Crippen molar-refractivity contribution in [1.29, 1.82) is 0 Å². The van der Waals surface area contributed by atoms with Crippen LogP contribution in [-0.2, 0) is 0 Å². The molecule has 5 nitrogen and oxygen atoms in total. The average Bonchev–Trinajstić information content (AvgIpc) is 2.72. The molecule has 0 bridgehead atoms. The summed E-state index contributed by atoms with van der Waals surface area (Å²) in [5, 5.41) is 0. The third-order valence-electron chi connectivity index (χ3n) is 2.52. The summed E-state index contributed by atoms with van der Waals surface area (Å²) < 4.78 is 14.3. The molecule has 96 valence electrons. The Kier molecular flexibility index (Phi) is 2.83. The summed E-state index contributed by atoms with van der Waals surface area (Å²) >= 11 is 4.32. The second-order valence-corrected chi connectivity index (χ2v) is 5.97. The molecule has 8 heteroatoms. The van der Waals surface area contributed by atoms with E-state index in [0.29, 0.717) is 14.4 Å². The third-order valence-corrected chi connectivity index (χ3v) is 3.94. The summed E-state index contributed by atoms with van der Waals surface area (Å²) in [6.45, 7) is 0. The number of aromatic nitrogens is 3. The van der Waals surface area contributed by atoms with Crippen molar-refractivity contribution in [2.45, 2.75) is 0 Å². The Morgan fingerprint density at radius 3 is 2.63 bits per heavy atom. The number of aromatic amines is 1. The van der Waals surface area contributed by atoms with Gasteiger partial charge in [0.2, 0.25) is 0 Å². The number of H-pyrrole nitrogens is 1. The summed E-state index contributed by atoms with van der Waals surface area (Å²) in [5.74, 6) is -0.439. The molecule has 0 amide bonds. The Morgan fingerprint density at radius 2 is 1.95 bits per heavy atom. The lowest BCUT2D eigenvalue weighted by Gasteiger charge is -2.03. The molecular weight excluding hydrogens is 337 g/mol. The summed E-state index contributed by atoms with van der Waals surface area (Å²) in [4.78, 5) is 31.1. The fourth-order valence-electron chi connectivity index (χ4n) is 1.70. The predicted octanol–water partition coefficient (Wildman–Crippen LogP) is 2.04. The molecule has 2 aromatic heterocycles. The van der Waals surface area contributed by atoms with Gasteiger partial charge in [-0.15, -0.1) is 0 Å². The third kappa shape index (κ3) is 2.02. The molecule has 0 fully saturated rings. The van der Waals surface area contributed by atoms with Gasteiger partial charge in [-0.3, -0.25) is 9.78 Å². The van der Waals surface area contributed by atoms with Crippen LogP contribution in [0.3, 0.4) is 0 Å². The molecule has 0 saturated carbocycles. The molecule has 0 atom stereocenters. The van der Waals surface area contributed by atoms with Gasteiger partial charge in [0, 0.05) is 0 Å². The number of hydrogen-bond donors (Lipinski definition) is 1. The Hall–Kier alpha value is -1.80. The number of thiazole rings is 1. The molecule has 0 unspecified atom stereocenters. The normalized spacial score (nSPS) is 11.1. The van der Waals surface area contributed by atoms with Crippen molar-refractivity contribution in [2.24, 2.45) is 0 Å². The van der Waals surface area contributed by atoms with E-state index in [0.717, 1.165) is 15.9 Å². The zero-order valence-electron chi connectivity index (χ0n) is 9.18. The van der Waals surface area contributed by atoms with Gasteiger partial charge in [-0.05, 0) is 40.2 Å². The number of nitrogens with zero attached hydrogens (tertiary/aromatic N) is 2. The Morgan fingerprint density at radius 1 is 1.26 bits per heavy atom. The first-order valence-corrected chi connectivity index (χ1v) is 6.74. The number of benzene rings is 1. The van der Waals surface area contributed by atoms with Crippen LogP contribution in [-0.4, -0.2) is 14.5 Å². The fraction of sp³-hybridized carbons (Fsp3) is 0. The molecule has 19 heavy (non-hydrogen) atoms. The van der Waals surface area contributed by atoms with Crippen LogP contribution in [0.5, 0.6) is 0 Å². The van der Waals surface area contributed by atoms with Crippen LogP contribution in [0.25, 0.3) is 16.0 Å². The van der Waals surface area contributed by atoms with Crippen LogP contribution < -0.4 is 11.2 Å². The Labute approximate surface area is 117 Å². The first-order chi connectivity index (χ1) is 9.06. The van der Waals surface area contributed by atoms with Crippen molar-refractivity contribution in [3.05, 3.63) is 54.8 Å². The average molecular weight is 342 g/mol. The topological polar surface area (TPSA) is 67.8 Å². The van der Waals surface area contributed by atoms with Crippen molar-refractivity contribution in [3.8, 4) is 5.69 Å². The molecule has 0 saturated heterocycles. The molecule has 1 aromatic carbocycles. The van der Waals surface area contributed by atoms with E-state index in [9.17, 15) is 14.0 Å². The smallest absolute Gasteiger partial charge is 0.296 e. The van der Waals surface area contributed by atoms with Crippen LogP contribution >= 0.6 is 27.3 Å². The standard InChI is InChI=1S/C11H5BrFN3O2S/c12-10-14-7-8(19-10)15-11(18)16(9(7)17)6-3-1-5(13)2-4-6/h1-4H,(H,15,18). The van der Waals surface area contributed by atoms with E-state index >= 15 is 0 Å². The van der Waals surface area contributed by atoms with Crippen molar-refractivity contribution in [2.75, 3.05) is 0 Å². The van der Waals surface area contributed by atoms with Gasteiger partial charge in [-0.2, -0.15) is 0 Å². The largest absolute Gasteiger partial charge is 0.334 e. The van der Waals surface area contributed by atoms with E-state index < -0.39 is 17.1 Å². The molecule has 0 aliphatic carbocycles. The molecule has 3 rings (SSSR count). The monoisotopic (exact) mass is 341 g/mol. The molecule has 0 aliphatic rings. The van der Waals surface area contributed by atoms with Crippen LogP contribution in [0.4, 0.5) is 4.39 Å². The summed E-state index contributed by atoms with van der Waals surface area (Å²) in [5.41, 5.74) is -0.660. The van der Waals surface area contributed by atoms with E-state index in [1.807, 2.05) is 0 Å². The molecule has 0 radical (unpaired) electrons.